The van der Waals surface area contributed by atoms with Crippen LogP contribution in [0.25, 0.3) is 0 Å². The highest BCUT2D eigenvalue weighted by Gasteiger charge is 2.22. The summed E-state index contributed by atoms with van der Waals surface area (Å²) in [5, 5.41) is 12.1. The number of nitrogens with one attached hydrogen (secondary N) is 1. The van der Waals surface area contributed by atoms with Gasteiger partial charge in [-0.15, -0.1) is 0 Å². The molecule has 1 N–H and O–H groups in total. The van der Waals surface area contributed by atoms with Gasteiger partial charge in [0.2, 0.25) is 0 Å². The van der Waals surface area contributed by atoms with E-state index in [1.807, 2.05) is 6.07 Å². The zero-order valence-electron chi connectivity index (χ0n) is 11.5. The molecule has 19 heavy (non-hydrogen) atoms. The van der Waals surface area contributed by atoms with Crippen molar-refractivity contribution in [2.24, 2.45) is 0 Å². The lowest BCUT2D eigenvalue weighted by Crippen LogP contribution is -2.45. The van der Waals surface area contributed by atoms with E-state index < -0.39 is 0 Å². The minimum atomic E-state index is -0.299. The molecule has 4 heteroatoms. The summed E-state index contributed by atoms with van der Waals surface area (Å²) in [6, 6.07) is 7.62. The van der Waals surface area contributed by atoms with Crippen LogP contribution in [0.15, 0.2) is 18.2 Å². The number of nitriles is 1. The van der Waals surface area contributed by atoms with Crippen LogP contribution in [-0.2, 0) is 6.54 Å². The van der Waals surface area contributed by atoms with Gasteiger partial charge in [-0.05, 0) is 45.5 Å². The van der Waals surface area contributed by atoms with Crippen molar-refractivity contribution in [3.05, 3.63) is 35.1 Å². The van der Waals surface area contributed by atoms with Crippen molar-refractivity contribution in [2.45, 2.75) is 38.4 Å². The van der Waals surface area contributed by atoms with Crippen LogP contribution >= 0.6 is 0 Å². The normalized spacial score (nSPS) is 24.1. The summed E-state index contributed by atoms with van der Waals surface area (Å²) >= 11 is 0. The predicted molar refractivity (Wildman–Crippen MR) is 73.1 cm³/mol. The number of piperidine rings is 1. The second-order valence-corrected chi connectivity index (χ2v) is 5.35. The standard InChI is InChI=1S/C15H20FN3/c1-11-7-14(5-6-19(11)2)18-10-13-4-3-12(9-17)8-15(13)16/h3-4,8,11,14,18H,5-7,10H2,1-2H3. The van der Waals surface area contributed by atoms with E-state index in [2.05, 4.69) is 24.2 Å². The van der Waals surface area contributed by atoms with Gasteiger partial charge in [0, 0.05) is 24.2 Å². The number of benzene rings is 1. The predicted octanol–water partition coefficient (Wildman–Crippen LogP) is 2.27. The quantitative estimate of drug-likeness (QED) is 0.907. The molecule has 0 amide bonds. The number of nitrogens with zero attached hydrogens (tertiary/aromatic N) is 2. The monoisotopic (exact) mass is 261 g/mol. The molecule has 2 atom stereocenters. The van der Waals surface area contributed by atoms with Crippen molar-refractivity contribution in [3.8, 4) is 6.07 Å². The van der Waals surface area contributed by atoms with Gasteiger partial charge in [0.15, 0.2) is 0 Å². The minimum Gasteiger partial charge on any atom is -0.310 e. The van der Waals surface area contributed by atoms with Crippen LogP contribution in [0.2, 0.25) is 0 Å². The molecule has 1 saturated heterocycles. The molecule has 1 fully saturated rings. The minimum absolute atomic E-state index is 0.299. The van der Waals surface area contributed by atoms with Crippen LogP contribution in [0.1, 0.15) is 30.9 Å². The zero-order valence-corrected chi connectivity index (χ0v) is 11.5. The Hall–Kier alpha value is -1.44. The highest BCUT2D eigenvalue weighted by atomic mass is 19.1. The summed E-state index contributed by atoms with van der Waals surface area (Å²) in [6.07, 6.45) is 2.19. The molecule has 1 heterocycles. The van der Waals surface area contributed by atoms with Gasteiger partial charge in [0.25, 0.3) is 0 Å². The molecule has 0 aromatic heterocycles. The number of hydrogen-bond donors (Lipinski definition) is 1. The summed E-state index contributed by atoms with van der Waals surface area (Å²) in [4.78, 5) is 2.35. The van der Waals surface area contributed by atoms with Crippen LogP contribution in [0.4, 0.5) is 4.39 Å². The maximum atomic E-state index is 13.7. The Bertz CT molecular complexity index is 481. The SMILES string of the molecule is CC1CC(NCc2ccc(C#N)cc2F)CCN1C. The largest absolute Gasteiger partial charge is 0.310 e. The number of rotatable bonds is 3. The second kappa shape index (κ2) is 6.14. The van der Waals surface area contributed by atoms with E-state index in [0.717, 1.165) is 19.4 Å². The van der Waals surface area contributed by atoms with Crippen LogP contribution in [-0.4, -0.2) is 30.6 Å². The van der Waals surface area contributed by atoms with Gasteiger partial charge in [-0.25, -0.2) is 4.39 Å². The molecule has 0 spiro atoms. The van der Waals surface area contributed by atoms with Crippen LogP contribution in [0, 0.1) is 17.1 Å². The highest BCUT2D eigenvalue weighted by molar-refractivity contribution is 5.32. The van der Waals surface area contributed by atoms with Crippen molar-refractivity contribution >= 4 is 0 Å². The lowest BCUT2D eigenvalue weighted by molar-refractivity contribution is 0.168. The molecular formula is C15H20FN3. The summed E-state index contributed by atoms with van der Waals surface area (Å²) in [6.45, 7) is 3.82. The lowest BCUT2D eigenvalue weighted by atomic mass is 9.98. The first kappa shape index (κ1) is 14.0. The van der Waals surface area contributed by atoms with Gasteiger partial charge in [-0.2, -0.15) is 5.26 Å². The Morgan fingerprint density at radius 1 is 1.53 bits per heavy atom. The Kier molecular flexibility index (Phi) is 4.52. The van der Waals surface area contributed by atoms with E-state index in [4.69, 9.17) is 5.26 Å². The average molecular weight is 261 g/mol. The van der Waals surface area contributed by atoms with Crippen molar-refractivity contribution in [2.75, 3.05) is 13.6 Å². The second-order valence-electron chi connectivity index (χ2n) is 5.35. The first-order chi connectivity index (χ1) is 9.10. The van der Waals surface area contributed by atoms with Crippen LogP contribution < -0.4 is 5.32 Å². The third kappa shape index (κ3) is 3.52. The van der Waals surface area contributed by atoms with E-state index in [9.17, 15) is 4.39 Å². The smallest absolute Gasteiger partial charge is 0.129 e. The molecule has 3 nitrogen and oxygen atoms in total. The fourth-order valence-corrected chi connectivity index (χ4v) is 2.49. The van der Waals surface area contributed by atoms with Crippen molar-refractivity contribution in [1.82, 2.24) is 10.2 Å². The fraction of sp³-hybridized carbons (Fsp3) is 0.533. The third-order valence-corrected chi connectivity index (χ3v) is 3.97. The summed E-state index contributed by atoms with van der Waals surface area (Å²) < 4.78 is 13.7. The topological polar surface area (TPSA) is 39.1 Å². The molecule has 2 rings (SSSR count). The molecular weight excluding hydrogens is 241 g/mol. The average Bonchev–Trinajstić information content (AvgIpc) is 2.41. The summed E-state index contributed by atoms with van der Waals surface area (Å²) in [5.41, 5.74) is 1.000. The molecule has 1 aliphatic heterocycles. The van der Waals surface area contributed by atoms with Gasteiger partial charge in [-0.3, -0.25) is 0 Å². The van der Waals surface area contributed by atoms with Gasteiger partial charge in [-0.1, -0.05) is 6.07 Å². The molecule has 2 unspecified atom stereocenters. The van der Waals surface area contributed by atoms with E-state index in [1.165, 1.54) is 6.07 Å². The fourth-order valence-electron chi connectivity index (χ4n) is 2.49. The van der Waals surface area contributed by atoms with Gasteiger partial charge < -0.3 is 10.2 Å². The highest BCUT2D eigenvalue weighted by Crippen LogP contribution is 2.16. The molecule has 102 valence electrons. The number of likely N-dealkylation sites (tertiary alicyclic amines) is 1. The van der Waals surface area contributed by atoms with Crippen molar-refractivity contribution in [1.29, 1.82) is 5.26 Å². The maximum absolute atomic E-state index is 13.7. The van der Waals surface area contributed by atoms with Crippen LogP contribution in [0.3, 0.4) is 0 Å². The van der Waals surface area contributed by atoms with Gasteiger partial charge in [0.05, 0.1) is 11.6 Å². The molecule has 1 aliphatic rings. The van der Waals surface area contributed by atoms with Gasteiger partial charge in [0.1, 0.15) is 5.82 Å². The Balaban J connectivity index is 1.91. The molecule has 0 radical (unpaired) electrons. The zero-order chi connectivity index (χ0) is 13.8. The van der Waals surface area contributed by atoms with E-state index in [0.29, 0.717) is 29.8 Å². The van der Waals surface area contributed by atoms with Gasteiger partial charge >= 0.3 is 0 Å². The first-order valence-corrected chi connectivity index (χ1v) is 6.72. The maximum Gasteiger partial charge on any atom is 0.129 e. The number of hydrogen-bond acceptors (Lipinski definition) is 3. The summed E-state index contributed by atoms with van der Waals surface area (Å²) in [7, 11) is 2.14. The molecule has 1 aromatic carbocycles. The Morgan fingerprint density at radius 2 is 2.32 bits per heavy atom. The van der Waals surface area contributed by atoms with E-state index in [1.54, 1.807) is 12.1 Å². The number of halogens is 1. The van der Waals surface area contributed by atoms with E-state index >= 15 is 0 Å². The van der Waals surface area contributed by atoms with Crippen molar-refractivity contribution < 1.29 is 4.39 Å². The first-order valence-electron chi connectivity index (χ1n) is 6.72. The van der Waals surface area contributed by atoms with Crippen molar-refractivity contribution in [3.63, 3.8) is 0 Å². The van der Waals surface area contributed by atoms with Crippen LogP contribution in [0.5, 0.6) is 0 Å². The Labute approximate surface area is 114 Å². The molecule has 0 saturated carbocycles. The lowest BCUT2D eigenvalue weighted by Gasteiger charge is -2.35. The molecule has 0 bridgehead atoms. The van der Waals surface area contributed by atoms with E-state index in [-0.39, 0.29) is 5.82 Å². The summed E-state index contributed by atoms with van der Waals surface area (Å²) in [5.74, 6) is -0.299. The third-order valence-electron chi connectivity index (χ3n) is 3.97. The molecule has 0 aliphatic carbocycles. The molecule has 1 aromatic rings. The Morgan fingerprint density at radius 3 is 2.95 bits per heavy atom.